The predicted molar refractivity (Wildman–Crippen MR) is 102 cm³/mol. The van der Waals surface area contributed by atoms with Gasteiger partial charge < -0.3 is 10.2 Å². The maximum Gasteiger partial charge on any atom is 0.325 e. The van der Waals surface area contributed by atoms with Crippen molar-refractivity contribution in [2.45, 2.75) is 27.3 Å². The topological polar surface area (TPSA) is 57.3 Å². The van der Waals surface area contributed by atoms with E-state index < -0.39 is 0 Å². The molecule has 0 aliphatic rings. The van der Waals surface area contributed by atoms with Crippen LogP contribution in [0.5, 0.6) is 0 Å². The number of nitrogens with one attached hydrogen (secondary N) is 2. The average Bonchev–Trinajstić information content (AvgIpc) is 2.88. The number of amides is 2. The van der Waals surface area contributed by atoms with Crippen LogP contribution in [0, 0.1) is 12.8 Å². The number of halogens is 1. The molecule has 2 N–H and O–H groups in total. The first-order valence-corrected chi connectivity index (χ1v) is 9.06. The van der Waals surface area contributed by atoms with Gasteiger partial charge >= 0.3 is 6.03 Å². The second-order valence-electron chi connectivity index (χ2n) is 6.28. The van der Waals surface area contributed by atoms with Crippen molar-refractivity contribution in [1.29, 1.82) is 0 Å². The number of carbonyl (C=O) groups is 1. The molecule has 1 heterocycles. The molecule has 1 aromatic heterocycles. The molecule has 0 aliphatic carbocycles. The molecule has 0 fully saturated rings. The Labute approximate surface area is 152 Å². The van der Waals surface area contributed by atoms with E-state index in [0.717, 1.165) is 24.3 Å². The van der Waals surface area contributed by atoms with Crippen molar-refractivity contribution in [3.63, 3.8) is 0 Å². The fourth-order valence-corrected chi connectivity index (χ4v) is 3.21. The highest BCUT2D eigenvalue weighted by molar-refractivity contribution is 7.13. The van der Waals surface area contributed by atoms with Crippen LogP contribution in [0.4, 0.5) is 15.6 Å². The summed E-state index contributed by atoms with van der Waals surface area (Å²) in [6, 6.07) is 5.08. The van der Waals surface area contributed by atoms with E-state index in [1.165, 1.54) is 11.3 Å². The fraction of sp³-hybridized carbons (Fsp3) is 0.412. The summed E-state index contributed by atoms with van der Waals surface area (Å²) in [6.45, 7) is 8.07. The molecule has 0 radical (unpaired) electrons. The third-order valence-electron chi connectivity index (χ3n) is 3.31. The zero-order valence-corrected chi connectivity index (χ0v) is 16.0. The Hall–Kier alpha value is -1.63. The number of benzene rings is 1. The number of urea groups is 1. The van der Waals surface area contributed by atoms with Gasteiger partial charge in [0.2, 0.25) is 0 Å². The van der Waals surface area contributed by atoms with Crippen molar-refractivity contribution in [1.82, 2.24) is 9.88 Å². The molecular formula is C17H23ClN4OS. The van der Waals surface area contributed by atoms with Gasteiger partial charge in [-0.1, -0.05) is 31.5 Å². The average molecular weight is 367 g/mol. The lowest BCUT2D eigenvalue weighted by atomic mass is 10.2. The van der Waals surface area contributed by atoms with E-state index in [-0.39, 0.29) is 6.03 Å². The van der Waals surface area contributed by atoms with E-state index in [2.05, 4.69) is 41.4 Å². The van der Waals surface area contributed by atoms with E-state index in [1.54, 1.807) is 6.07 Å². The molecule has 0 unspecified atom stereocenters. The van der Waals surface area contributed by atoms with Crippen molar-refractivity contribution >= 4 is 39.8 Å². The third kappa shape index (κ3) is 5.78. The Balaban J connectivity index is 1.89. The Morgan fingerprint density at radius 1 is 1.38 bits per heavy atom. The highest BCUT2D eigenvalue weighted by atomic mass is 35.5. The summed E-state index contributed by atoms with van der Waals surface area (Å²) >= 11 is 7.48. The molecule has 2 amide bonds. The van der Waals surface area contributed by atoms with E-state index in [4.69, 9.17) is 11.6 Å². The first kappa shape index (κ1) is 18.7. The van der Waals surface area contributed by atoms with Gasteiger partial charge in [-0.15, -0.1) is 11.3 Å². The number of hydrogen-bond acceptors (Lipinski definition) is 4. The standard InChI is InChI=1S/C17H23ClN4OS/c1-11(2)8-22(4)9-14-10-24-17(20-14)21-16(23)19-13-6-5-12(3)15(18)7-13/h5-7,10-11H,8-9H2,1-4H3,(H2,19,20,21,23). The minimum Gasteiger partial charge on any atom is -0.308 e. The molecule has 5 nitrogen and oxygen atoms in total. The van der Waals surface area contributed by atoms with Crippen LogP contribution in [-0.2, 0) is 6.54 Å². The number of thiazole rings is 1. The highest BCUT2D eigenvalue weighted by Crippen LogP contribution is 2.21. The lowest BCUT2D eigenvalue weighted by Gasteiger charge is -2.17. The van der Waals surface area contributed by atoms with Gasteiger partial charge in [-0.25, -0.2) is 9.78 Å². The third-order valence-corrected chi connectivity index (χ3v) is 4.52. The molecule has 2 rings (SSSR count). The van der Waals surface area contributed by atoms with Crippen LogP contribution in [0.1, 0.15) is 25.1 Å². The van der Waals surface area contributed by atoms with Gasteiger partial charge in [-0.2, -0.15) is 0 Å². The number of anilines is 2. The number of carbonyl (C=O) groups excluding carboxylic acids is 1. The van der Waals surface area contributed by atoms with Gasteiger partial charge in [0.25, 0.3) is 0 Å². The Kier molecular flexibility index (Phi) is 6.60. The first-order chi connectivity index (χ1) is 11.3. The van der Waals surface area contributed by atoms with Crippen molar-refractivity contribution < 1.29 is 4.79 Å². The van der Waals surface area contributed by atoms with Crippen LogP contribution >= 0.6 is 22.9 Å². The van der Waals surface area contributed by atoms with E-state index in [0.29, 0.717) is 21.8 Å². The molecule has 0 bridgehead atoms. The van der Waals surface area contributed by atoms with Crippen LogP contribution < -0.4 is 10.6 Å². The summed E-state index contributed by atoms with van der Waals surface area (Å²) in [4.78, 5) is 18.7. The molecule has 1 aromatic carbocycles. The SMILES string of the molecule is Cc1ccc(NC(=O)Nc2nc(CN(C)CC(C)C)cs2)cc1Cl. The number of nitrogens with zero attached hydrogens (tertiary/aromatic N) is 2. The maximum atomic E-state index is 12.0. The molecule has 7 heteroatoms. The number of aryl methyl sites for hydroxylation is 1. The smallest absolute Gasteiger partial charge is 0.308 e. The van der Waals surface area contributed by atoms with Crippen molar-refractivity contribution in [3.8, 4) is 0 Å². The summed E-state index contributed by atoms with van der Waals surface area (Å²) in [5.41, 5.74) is 2.58. The summed E-state index contributed by atoms with van der Waals surface area (Å²) in [5, 5.41) is 8.68. The lowest BCUT2D eigenvalue weighted by molar-refractivity contribution is 0.262. The summed E-state index contributed by atoms with van der Waals surface area (Å²) in [6.07, 6.45) is 0. The summed E-state index contributed by atoms with van der Waals surface area (Å²) in [5.74, 6) is 0.610. The zero-order valence-electron chi connectivity index (χ0n) is 14.4. The Bertz CT molecular complexity index is 702. The second-order valence-corrected chi connectivity index (χ2v) is 7.54. The number of aromatic nitrogens is 1. The Morgan fingerprint density at radius 3 is 2.79 bits per heavy atom. The highest BCUT2D eigenvalue weighted by Gasteiger charge is 2.10. The van der Waals surface area contributed by atoms with Gasteiger partial charge in [0.15, 0.2) is 5.13 Å². The van der Waals surface area contributed by atoms with Crippen LogP contribution in [0.2, 0.25) is 5.02 Å². The van der Waals surface area contributed by atoms with Gasteiger partial charge in [-0.3, -0.25) is 5.32 Å². The van der Waals surface area contributed by atoms with E-state index in [9.17, 15) is 4.79 Å². The number of rotatable bonds is 6. The lowest BCUT2D eigenvalue weighted by Crippen LogP contribution is -2.23. The van der Waals surface area contributed by atoms with Crippen molar-refractivity contribution in [2.24, 2.45) is 5.92 Å². The largest absolute Gasteiger partial charge is 0.325 e. The molecule has 0 saturated carbocycles. The molecule has 0 spiro atoms. The zero-order chi connectivity index (χ0) is 17.7. The summed E-state index contributed by atoms with van der Waals surface area (Å²) in [7, 11) is 2.07. The summed E-state index contributed by atoms with van der Waals surface area (Å²) < 4.78 is 0. The monoisotopic (exact) mass is 366 g/mol. The maximum absolute atomic E-state index is 12.0. The van der Waals surface area contributed by atoms with Crippen LogP contribution in [0.15, 0.2) is 23.6 Å². The number of hydrogen-bond donors (Lipinski definition) is 2. The van der Waals surface area contributed by atoms with Crippen LogP contribution in [0.25, 0.3) is 0 Å². The molecule has 24 heavy (non-hydrogen) atoms. The van der Waals surface area contributed by atoms with Gasteiger partial charge in [0, 0.05) is 29.2 Å². The van der Waals surface area contributed by atoms with Gasteiger partial charge in [-0.05, 0) is 37.6 Å². The molecule has 130 valence electrons. The molecule has 2 aromatic rings. The minimum absolute atomic E-state index is 0.327. The van der Waals surface area contributed by atoms with E-state index in [1.807, 2.05) is 24.4 Å². The molecule has 0 saturated heterocycles. The van der Waals surface area contributed by atoms with Gasteiger partial charge in [0.05, 0.1) is 5.69 Å². The quantitative estimate of drug-likeness (QED) is 0.769. The van der Waals surface area contributed by atoms with Crippen molar-refractivity contribution in [3.05, 3.63) is 39.9 Å². The van der Waals surface area contributed by atoms with Gasteiger partial charge in [0.1, 0.15) is 0 Å². The fourth-order valence-electron chi connectivity index (χ4n) is 2.33. The second kappa shape index (κ2) is 8.46. The first-order valence-electron chi connectivity index (χ1n) is 7.80. The molecular weight excluding hydrogens is 344 g/mol. The van der Waals surface area contributed by atoms with Crippen molar-refractivity contribution in [2.75, 3.05) is 24.2 Å². The minimum atomic E-state index is -0.327. The van der Waals surface area contributed by atoms with E-state index >= 15 is 0 Å². The molecule has 0 aliphatic heterocycles. The normalized spacial score (nSPS) is 11.1. The van der Waals surface area contributed by atoms with Crippen LogP contribution in [-0.4, -0.2) is 29.5 Å². The predicted octanol–water partition coefficient (Wildman–Crippen LogP) is 4.84. The molecule has 0 atom stereocenters. The van der Waals surface area contributed by atoms with Crippen LogP contribution in [0.3, 0.4) is 0 Å². The Morgan fingerprint density at radius 2 is 2.12 bits per heavy atom.